The molecule has 1 aromatic carbocycles. The molecule has 7 nitrogen and oxygen atoms in total. The van der Waals surface area contributed by atoms with E-state index in [0.717, 1.165) is 5.56 Å². The number of aromatic nitrogens is 4. The van der Waals surface area contributed by atoms with E-state index in [1.54, 1.807) is 6.92 Å². The molecule has 3 aromatic rings. The van der Waals surface area contributed by atoms with E-state index < -0.39 is 5.97 Å². The topological polar surface area (TPSA) is 93.9 Å². The molecule has 0 aliphatic carbocycles. The SMILES string of the molecule is CCOC(=O)c1c(-c2ccccc2)noc1-c1cn[nH]n1. The van der Waals surface area contributed by atoms with E-state index >= 15 is 0 Å². The van der Waals surface area contributed by atoms with Gasteiger partial charge in [0.15, 0.2) is 5.69 Å². The number of aromatic amines is 1. The largest absolute Gasteiger partial charge is 0.462 e. The number of rotatable bonds is 4. The highest BCUT2D eigenvalue weighted by Gasteiger charge is 2.27. The van der Waals surface area contributed by atoms with Crippen LogP contribution in [0.4, 0.5) is 0 Å². The molecule has 0 radical (unpaired) electrons. The van der Waals surface area contributed by atoms with Gasteiger partial charge >= 0.3 is 5.97 Å². The number of benzene rings is 1. The predicted molar refractivity (Wildman–Crippen MR) is 73.3 cm³/mol. The molecule has 3 rings (SSSR count). The molecule has 0 unspecified atom stereocenters. The third kappa shape index (κ3) is 2.40. The predicted octanol–water partition coefficient (Wildman–Crippen LogP) is 2.30. The summed E-state index contributed by atoms with van der Waals surface area (Å²) >= 11 is 0. The number of hydrogen-bond donors (Lipinski definition) is 1. The van der Waals surface area contributed by atoms with Crippen LogP contribution < -0.4 is 0 Å². The number of nitrogens with zero attached hydrogens (tertiary/aromatic N) is 3. The first-order chi connectivity index (χ1) is 10.3. The molecule has 7 heteroatoms. The first kappa shape index (κ1) is 13.0. The Morgan fingerprint density at radius 3 is 2.81 bits per heavy atom. The maximum Gasteiger partial charge on any atom is 0.344 e. The first-order valence-corrected chi connectivity index (χ1v) is 6.39. The molecule has 0 atom stereocenters. The second kappa shape index (κ2) is 5.58. The highest BCUT2D eigenvalue weighted by Crippen LogP contribution is 2.31. The van der Waals surface area contributed by atoms with Crippen LogP contribution in [0.3, 0.4) is 0 Å². The highest BCUT2D eigenvalue weighted by molar-refractivity contribution is 6.01. The Balaban J connectivity index is 2.15. The van der Waals surface area contributed by atoms with E-state index in [0.29, 0.717) is 11.4 Å². The van der Waals surface area contributed by atoms with Crippen molar-refractivity contribution in [2.24, 2.45) is 0 Å². The summed E-state index contributed by atoms with van der Waals surface area (Å²) < 4.78 is 10.4. The van der Waals surface area contributed by atoms with E-state index in [1.165, 1.54) is 6.20 Å². The van der Waals surface area contributed by atoms with Crippen LogP contribution in [-0.4, -0.2) is 33.1 Å². The molecule has 0 saturated heterocycles. The van der Waals surface area contributed by atoms with Crippen molar-refractivity contribution >= 4 is 5.97 Å². The number of nitrogens with one attached hydrogen (secondary N) is 1. The van der Waals surface area contributed by atoms with E-state index in [1.807, 2.05) is 30.3 Å². The quantitative estimate of drug-likeness (QED) is 0.739. The highest BCUT2D eigenvalue weighted by atomic mass is 16.5. The Morgan fingerprint density at radius 2 is 2.14 bits per heavy atom. The number of hydrogen-bond acceptors (Lipinski definition) is 6. The van der Waals surface area contributed by atoms with Crippen LogP contribution in [0, 0.1) is 0 Å². The minimum atomic E-state index is -0.504. The smallest absolute Gasteiger partial charge is 0.344 e. The van der Waals surface area contributed by atoms with Crippen molar-refractivity contribution in [3.63, 3.8) is 0 Å². The Kier molecular flexibility index (Phi) is 3.46. The average molecular weight is 284 g/mol. The molecule has 1 N–H and O–H groups in total. The molecule has 0 saturated carbocycles. The van der Waals surface area contributed by atoms with Crippen LogP contribution in [0.5, 0.6) is 0 Å². The van der Waals surface area contributed by atoms with E-state index in [9.17, 15) is 4.79 Å². The zero-order chi connectivity index (χ0) is 14.7. The second-order valence-electron chi connectivity index (χ2n) is 4.18. The molecular weight excluding hydrogens is 272 g/mol. The normalized spacial score (nSPS) is 10.5. The molecule has 0 spiro atoms. The van der Waals surface area contributed by atoms with Crippen molar-refractivity contribution < 1.29 is 14.1 Å². The third-order valence-electron chi connectivity index (χ3n) is 2.87. The maximum atomic E-state index is 12.2. The summed E-state index contributed by atoms with van der Waals surface area (Å²) in [6, 6.07) is 9.27. The Hall–Kier alpha value is -2.96. The lowest BCUT2D eigenvalue weighted by molar-refractivity contribution is 0.0527. The lowest BCUT2D eigenvalue weighted by atomic mass is 10.1. The fraction of sp³-hybridized carbons (Fsp3) is 0.143. The number of H-pyrrole nitrogens is 1. The van der Waals surface area contributed by atoms with Crippen LogP contribution in [0.2, 0.25) is 0 Å². The number of carbonyl (C=O) groups excluding carboxylic acids is 1. The van der Waals surface area contributed by atoms with Gasteiger partial charge in [-0.05, 0) is 6.92 Å². The standard InChI is InChI=1S/C14H12N4O3/c1-2-20-14(19)11-12(9-6-4-3-5-7-9)17-21-13(11)10-8-15-18-16-10/h3-8H,2H2,1H3,(H,15,16,18). The van der Waals surface area contributed by atoms with Crippen molar-refractivity contribution in [1.82, 2.24) is 20.6 Å². The zero-order valence-electron chi connectivity index (χ0n) is 11.2. The van der Waals surface area contributed by atoms with E-state index in [2.05, 4.69) is 20.6 Å². The maximum absolute atomic E-state index is 12.2. The Morgan fingerprint density at radius 1 is 1.33 bits per heavy atom. The van der Waals surface area contributed by atoms with Gasteiger partial charge in [-0.2, -0.15) is 15.4 Å². The number of esters is 1. The van der Waals surface area contributed by atoms with Crippen LogP contribution in [0.15, 0.2) is 41.1 Å². The zero-order valence-corrected chi connectivity index (χ0v) is 11.2. The van der Waals surface area contributed by atoms with Gasteiger partial charge in [-0.1, -0.05) is 35.5 Å². The summed E-state index contributed by atoms with van der Waals surface area (Å²) in [5, 5.41) is 14.1. The minimum absolute atomic E-state index is 0.237. The molecule has 0 fully saturated rings. The molecule has 21 heavy (non-hydrogen) atoms. The third-order valence-corrected chi connectivity index (χ3v) is 2.87. The van der Waals surface area contributed by atoms with Gasteiger partial charge in [0.25, 0.3) is 0 Å². The summed E-state index contributed by atoms with van der Waals surface area (Å²) in [4.78, 5) is 12.2. The van der Waals surface area contributed by atoms with Crippen molar-refractivity contribution in [2.75, 3.05) is 6.61 Å². The molecular formula is C14H12N4O3. The van der Waals surface area contributed by atoms with Crippen molar-refractivity contribution in [3.05, 3.63) is 42.1 Å². The summed E-state index contributed by atoms with van der Waals surface area (Å²) in [6.45, 7) is 2.00. The van der Waals surface area contributed by atoms with Crippen LogP contribution in [-0.2, 0) is 4.74 Å². The van der Waals surface area contributed by atoms with E-state index in [4.69, 9.17) is 9.26 Å². The molecule has 0 aliphatic heterocycles. The van der Waals surface area contributed by atoms with Crippen LogP contribution in [0.1, 0.15) is 17.3 Å². The lowest BCUT2D eigenvalue weighted by Crippen LogP contribution is -2.06. The van der Waals surface area contributed by atoms with Gasteiger partial charge in [0, 0.05) is 5.56 Å². The lowest BCUT2D eigenvalue weighted by Gasteiger charge is -2.02. The molecule has 0 bridgehead atoms. The summed E-state index contributed by atoms with van der Waals surface area (Å²) in [6.07, 6.45) is 1.46. The van der Waals surface area contributed by atoms with Crippen molar-refractivity contribution in [3.8, 4) is 22.7 Å². The molecule has 0 amide bonds. The molecule has 106 valence electrons. The van der Waals surface area contributed by atoms with Gasteiger partial charge in [-0.3, -0.25) is 0 Å². The Labute approximate surface area is 119 Å². The summed E-state index contributed by atoms with van der Waals surface area (Å²) in [5.74, 6) is -0.267. The Bertz CT molecular complexity index is 735. The van der Waals surface area contributed by atoms with Crippen LogP contribution in [0.25, 0.3) is 22.7 Å². The van der Waals surface area contributed by atoms with Crippen molar-refractivity contribution in [1.29, 1.82) is 0 Å². The van der Waals surface area contributed by atoms with E-state index in [-0.39, 0.29) is 17.9 Å². The van der Waals surface area contributed by atoms with Crippen molar-refractivity contribution in [2.45, 2.75) is 6.92 Å². The van der Waals surface area contributed by atoms with Gasteiger partial charge in [0.05, 0.1) is 12.8 Å². The minimum Gasteiger partial charge on any atom is -0.462 e. The average Bonchev–Trinajstić information content (AvgIpc) is 3.17. The van der Waals surface area contributed by atoms with Gasteiger partial charge in [0.1, 0.15) is 11.3 Å². The van der Waals surface area contributed by atoms with Crippen LogP contribution >= 0.6 is 0 Å². The molecule has 2 aromatic heterocycles. The first-order valence-electron chi connectivity index (χ1n) is 6.39. The summed E-state index contributed by atoms with van der Waals surface area (Å²) in [5.41, 5.74) is 1.83. The number of ether oxygens (including phenoxy) is 1. The monoisotopic (exact) mass is 284 g/mol. The van der Waals surface area contributed by atoms with Gasteiger partial charge in [-0.25, -0.2) is 4.79 Å². The molecule has 2 heterocycles. The van der Waals surface area contributed by atoms with Gasteiger partial charge < -0.3 is 9.26 Å². The molecule has 0 aliphatic rings. The fourth-order valence-electron chi connectivity index (χ4n) is 1.96. The fourth-order valence-corrected chi connectivity index (χ4v) is 1.96. The number of carbonyl (C=O) groups is 1. The van der Waals surface area contributed by atoms with Gasteiger partial charge in [-0.15, -0.1) is 0 Å². The van der Waals surface area contributed by atoms with Gasteiger partial charge in [0.2, 0.25) is 5.76 Å². The second-order valence-corrected chi connectivity index (χ2v) is 4.18. The summed E-state index contributed by atoms with van der Waals surface area (Å²) in [7, 11) is 0.